The molecule has 0 radical (unpaired) electrons. The molecule has 1 unspecified atom stereocenters. The molecule has 0 aliphatic carbocycles. The maximum atomic E-state index is 13.2. The first kappa shape index (κ1) is 18.7. The van der Waals surface area contributed by atoms with Crippen LogP contribution >= 0.6 is 11.6 Å². The maximum Gasteiger partial charge on any atom is 0.261 e. The molecule has 0 bridgehead atoms. The van der Waals surface area contributed by atoms with E-state index in [1.54, 1.807) is 19.2 Å². The predicted octanol–water partition coefficient (Wildman–Crippen LogP) is 2.47. The zero-order valence-corrected chi connectivity index (χ0v) is 15.5. The SMILES string of the molecule is COCCNc1noc(-c2ccc(Cl)cc2)c1C(=O)N1CCC(CN)C1. The van der Waals surface area contributed by atoms with E-state index in [2.05, 4.69) is 10.5 Å². The zero-order chi connectivity index (χ0) is 18.5. The van der Waals surface area contributed by atoms with Crippen molar-refractivity contribution in [2.75, 3.05) is 45.2 Å². The van der Waals surface area contributed by atoms with Gasteiger partial charge >= 0.3 is 0 Å². The minimum absolute atomic E-state index is 0.105. The number of benzene rings is 1. The molecule has 3 N–H and O–H groups in total. The highest BCUT2D eigenvalue weighted by atomic mass is 35.5. The fourth-order valence-corrected chi connectivity index (χ4v) is 3.17. The van der Waals surface area contributed by atoms with Crippen molar-refractivity contribution >= 4 is 23.3 Å². The zero-order valence-electron chi connectivity index (χ0n) is 14.7. The second kappa shape index (κ2) is 8.53. The van der Waals surface area contributed by atoms with Crippen molar-refractivity contribution in [1.82, 2.24) is 10.1 Å². The lowest BCUT2D eigenvalue weighted by Crippen LogP contribution is -2.30. The molecule has 1 amide bonds. The van der Waals surface area contributed by atoms with Crippen molar-refractivity contribution in [2.45, 2.75) is 6.42 Å². The number of methoxy groups -OCH3 is 1. The predicted molar refractivity (Wildman–Crippen MR) is 100 cm³/mol. The van der Waals surface area contributed by atoms with Gasteiger partial charge in [0, 0.05) is 37.3 Å². The van der Waals surface area contributed by atoms with E-state index < -0.39 is 0 Å². The Hall–Kier alpha value is -2.09. The summed E-state index contributed by atoms with van der Waals surface area (Å²) in [6.07, 6.45) is 0.913. The number of halogens is 1. The fraction of sp³-hybridized carbons (Fsp3) is 0.444. The Kier molecular flexibility index (Phi) is 6.13. The molecule has 1 aromatic heterocycles. The van der Waals surface area contributed by atoms with Crippen LogP contribution in [0, 0.1) is 5.92 Å². The lowest BCUT2D eigenvalue weighted by Gasteiger charge is -2.17. The molecule has 0 spiro atoms. The van der Waals surface area contributed by atoms with Crippen molar-refractivity contribution in [1.29, 1.82) is 0 Å². The van der Waals surface area contributed by atoms with E-state index >= 15 is 0 Å². The molecule has 2 heterocycles. The second-order valence-corrected chi connectivity index (χ2v) is 6.74. The van der Waals surface area contributed by atoms with Crippen molar-refractivity contribution in [3.63, 3.8) is 0 Å². The third-order valence-electron chi connectivity index (χ3n) is 4.52. The lowest BCUT2D eigenvalue weighted by atomic mass is 10.1. The van der Waals surface area contributed by atoms with Gasteiger partial charge in [-0.05, 0) is 43.1 Å². The summed E-state index contributed by atoms with van der Waals surface area (Å²) in [5.41, 5.74) is 6.93. The van der Waals surface area contributed by atoms with E-state index in [-0.39, 0.29) is 5.91 Å². The first-order chi connectivity index (χ1) is 12.6. The van der Waals surface area contributed by atoms with Gasteiger partial charge in [-0.25, -0.2) is 0 Å². The number of nitrogens with zero attached hydrogens (tertiary/aromatic N) is 2. The summed E-state index contributed by atoms with van der Waals surface area (Å²) in [5, 5.41) is 7.80. The number of carbonyl (C=O) groups excluding carboxylic acids is 1. The van der Waals surface area contributed by atoms with E-state index in [1.165, 1.54) is 0 Å². The largest absolute Gasteiger partial charge is 0.383 e. The summed E-state index contributed by atoms with van der Waals surface area (Å²) in [6, 6.07) is 7.13. The highest BCUT2D eigenvalue weighted by molar-refractivity contribution is 6.30. The summed E-state index contributed by atoms with van der Waals surface area (Å²) in [5.74, 6) is 1.09. The van der Waals surface area contributed by atoms with Crippen molar-refractivity contribution in [2.24, 2.45) is 11.7 Å². The Morgan fingerprint density at radius 1 is 1.46 bits per heavy atom. The highest BCUT2D eigenvalue weighted by Gasteiger charge is 2.32. The molecular weight excluding hydrogens is 356 g/mol. The number of hydrogen-bond donors (Lipinski definition) is 2. The third kappa shape index (κ3) is 4.00. The lowest BCUT2D eigenvalue weighted by molar-refractivity contribution is 0.0788. The van der Waals surface area contributed by atoms with Crippen LogP contribution in [-0.4, -0.2) is 55.9 Å². The molecule has 2 aromatic rings. The minimum atomic E-state index is -0.105. The summed E-state index contributed by atoms with van der Waals surface area (Å²) < 4.78 is 10.6. The molecule has 1 aliphatic rings. The van der Waals surface area contributed by atoms with Crippen LogP contribution in [0.5, 0.6) is 0 Å². The van der Waals surface area contributed by atoms with E-state index in [1.807, 2.05) is 17.0 Å². The van der Waals surface area contributed by atoms with Crippen molar-refractivity contribution in [3.05, 3.63) is 34.9 Å². The molecule has 1 atom stereocenters. The van der Waals surface area contributed by atoms with Gasteiger partial charge in [0.15, 0.2) is 11.6 Å². The molecular formula is C18H23ClN4O3. The van der Waals surface area contributed by atoms with E-state index in [9.17, 15) is 4.79 Å². The number of amides is 1. The molecule has 26 heavy (non-hydrogen) atoms. The van der Waals surface area contributed by atoms with E-state index in [0.29, 0.717) is 60.9 Å². The monoisotopic (exact) mass is 378 g/mol. The normalized spacial score (nSPS) is 16.9. The highest BCUT2D eigenvalue weighted by Crippen LogP contribution is 2.32. The maximum absolute atomic E-state index is 13.2. The van der Waals surface area contributed by atoms with Crippen LogP contribution in [-0.2, 0) is 4.74 Å². The number of rotatable bonds is 7. The molecule has 7 nitrogen and oxygen atoms in total. The number of hydrogen-bond acceptors (Lipinski definition) is 6. The van der Waals surface area contributed by atoms with Crippen LogP contribution in [0.1, 0.15) is 16.8 Å². The topological polar surface area (TPSA) is 93.6 Å². The molecule has 1 saturated heterocycles. The number of likely N-dealkylation sites (tertiary alicyclic amines) is 1. The first-order valence-electron chi connectivity index (χ1n) is 8.61. The van der Waals surface area contributed by atoms with Gasteiger partial charge in [-0.1, -0.05) is 16.8 Å². The minimum Gasteiger partial charge on any atom is -0.383 e. The van der Waals surface area contributed by atoms with Crippen LogP contribution in [0.4, 0.5) is 5.82 Å². The second-order valence-electron chi connectivity index (χ2n) is 6.30. The van der Waals surface area contributed by atoms with Gasteiger partial charge in [0.05, 0.1) is 6.61 Å². The molecule has 1 fully saturated rings. The Balaban J connectivity index is 1.92. The summed E-state index contributed by atoms with van der Waals surface area (Å²) in [7, 11) is 1.62. The van der Waals surface area contributed by atoms with Gasteiger partial charge in [0.1, 0.15) is 5.56 Å². The van der Waals surface area contributed by atoms with Crippen molar-refractivity contribution < 1.29 is 14.1 Å². The Morgan fingerprint density at radius 3 is 2.88 bits per heavy atom. The van der Waals surface area contributed by atoms with Crippen LogP contribution in [0.3, 0.4) is 0 Å². The molecule has 0 saturated carbocycles. The number of nitrogens with one attached hydrogen (secondary N) is 1. The summed E-state index contributed by atoms with van der Waals surface area (Å²) in [6.45, 7) is 2.93. The fourth-order valence-electron chi connectivity index (χ4n) is 3.05. The van der Waals surface area contributed by atoms with Gasteiger partial charge in [0.2, 0.25) is 0 Å². The number of aromatic nitrogens is 1. The molecule has 8 heteroatoms. The molecule has 1 aromatic carbocycles. The molecule has 3 rings (SSSR count). The Bertz CT molecular complexity index is 747. The van der Waals surface area contributed by atoms with Crippen LogP contribution in [0.15, 0.2) is 28.8 Å². The Labute approximate surface area is 157 Å². The summed E-state index contributed by atoms with van der Waals surface area (Å²) >= 11 is 5.97. The average Bonchev–Trinajstić information content (AvgIpc) is 3.29. The van der Waals surface area contributed by atoms with Gasteiger partial charge in [0.25, 0.3) is 5.91 Å². The van der Waals surface area contributed by atoms with Gasteiger partial charge < -0.3 is 25.2 Å². The molecule has 140 valence electrons. The van der Waals surface area contributed by atoms with Crippen LogP contribution in [0.2, 0.25) is 5.02 Å². The first-order valence-corrected chi connectivity index (χ1v) is 8.99. The van der Waals surface area contributed by atoms with Gasteiger partial charge in [-0.3, -0.25) is 4.79 Å². The quantitative estimate of drug-likeness (QED) is 0.719. The third-order valence-corrected chi connectivity index (χ3v) is 4.77. The number of ether oxygens (including phenoxy) is 1. The molecule has 1 aliphatic heterocycles. The smallest absolute Gasteiger partial charge is 0.261 e. The van der Waals surface area contributed by atoms with Crippen LogP contribution < -0.4 is 11.1 Å². The summed E-state index contributed by atoms with van der Waals surface area (Å²) in [4.78, 5) is 15.0. The van der Waals surface area contributed by atoms with Gasteiger partial charge in [-0.2, -0.15) is 0 Å². The van der Waals surface area contributed by atoms with E-state index in [0.717, 1.165) is 12.0 Å². The van der Waals surface area contributed by atoms with Gasteiger partial charge in [-0.15, -0.1) is 0 Å². The van der Waals surface area contributed by atoms with Crippen molar-refractivity contribution in [3.8, 4) is 11.3 Å². The standard InChI is InChI=1S/C18H23ClN4O3/c1-25-9-7-21-17-15(18(24)23-8-6-12(10-20)11-23)16(26-22-17)13-2-4-14(19)5-3-13/h2-5,12H,6-11,20H2,1H3,(H,21,22). The Morgan fingerprint density at radius 2 is 2.23 bits per heavy atom. The number of nitrogens with two attached hydrogens (primary N) is 1. The number of carbonyl (C=O) groups is 1. The van der Waals surface area contributed by atoms with Crippen LogP contribution in [0.25, 0.3) is 11.3 Å². The number of anilines is 1. The van der Waals surface area contributed by atoms with E-state index in [4.69, 9.17) is 26.6 Å². The average molecular weight is 379 g/mol.